The number of nitrogens with one attached hydrogen (secondary N) is 2. The van der Waals surface area contributed by atoms with E-state index in [0.717, 1.165) is 0 Å². The summed E-state index contributed by atoms with van der Waals surface area (Å²) in [4.78, 5) is 11.9. The standard InChI is InChI=1S/C13H21N3O3/c1-13(2,3)11-4-9(16-19-11)12(18)15-6-8-5-14-7-10(8)17/h4,8,10,14,17H,5-7H2,1-3H3,(H,15,18). The number of aliphatic hydroxyl groups excluding tert-OH is 1. The Balaban J connectivity index is 1.91. The fourth-order valence-electron chi connectivity index (χ4n) is 1.98. The van der Waals surface area contributed by atoms with Gasteiger partial charge in [0.1, 0.15) is 5.76 Å². The van der Waals surface area contributed by atoms with Crippen LogP contribution in [0.4, 0.5) is 0 Å². The molecule has 2 unspecified atom stereocenters. The molecule has 1 aromatic rings. The summed E-state index contributed by atoms with van der Waals surface area (Å²) in [6.45, 7) is 7.72. The van der Waals surface area contributed by atoms with E-state index in [1.54, 1.807) is 6.07 Å². The Kier molecular flexibility index (Phi) is 3.91. The summed E-state index contributed by atoms with van der Waals surface area (Å²) in [6, 6.07) is 1.67. The van der Waals surface area contributed by atoms with Crippen molar-refractivity contribution in [3.8, 4) is 0 Å². The summed E-state index contributed by atoms with van der Waals surface area (Å²) in [5, 5.41) is 19.3. The van der Waals surface area contributed by atoms with E-state index in [2.05, 4.69) is 15.8 Å². The molecule has 1 aliphatic heterocycles. The van der Waals surface area contributed by atoms with Crippen LogP contribution >= 0.6 is 0 Å². The van der Waals surface area contributed by atoms with Crippen molar-refractivity contribution in [3.05, 3.63) is 17.5 Å². The molecule has 1 saturated heterocycles. The third kappa shape index (κ3) is 3.33. The van der Waals surface area contributed by atoms with Gasteiger partial charge in [0.2, 0.25) is 0 Å². The molecule has 1 aromatic heterocycles. The molecule has 0 spiro atoms. The van der Waals surface area contributed by atoms with Crippen molar-refractivity contribution in [2.24, 2.45) is 5.92 Å². The molecule has 0 radical (unpaired) electrons. The van der Waals surface area contributed by atoms with E-state index in [0.29, 0.717) is 25.4 Å². The summed E-state index contributed by atoms with van der Waals surface area (Å²) in [5.74, 6) is 0.469. The number of carbonyl (C=O) groups excluding carboxylic acids is 1. The molecule has 6 nitrogen and oxygen atoms in total. The SMILES string of the molecule is CC(C)(C)c1cc(C(=O)NCC2CNCC2O)no1. The Bertz CT molecular complexity index is 450. The number of aromatic nitrogens is 1. The van der Waals surface area contributed by atoms with Crippen LogP contribution in [0.5, 0.6) is 0 Å². The molecule has 3 N–H and O–H groups in total. The highest BCUT2D eigenvalue weighted by Crippen LogP contribution is 2.22. The maximum atomic E-state index is 11.9. The zero-order valence-corrected chi connectivity index (χ0v) is 11.6. The first-order chi connectivity index (χ1) is 8.88. The number of amides is 1. The van der Waals surface area contributed by atoms with Crippen LogP contribution in [0, 0.1) is 5.92 Å². The highest BCUT2D eigenvalue weighted by molar-refractivity contribution is 5.92. The van der Waals surface area contributed by atoms with Crippen molar-refractivity contribution < 1.29 is 14.4 Å². The fourth-order valence-corrected chi connectivity index (χ4v) is 1.98. The number of rotatable bonds is 3. The maximum Gasteiger partial charge on any atom is 0.273 e. The minimum absolute atomic E-state index is 0.0536. The van der Waals surface area contributed by atoms with Gasteiger partial charge >= 0.3 is 0 Å². The summed E-state index contributed by atoms with van der Waals surface area (Å²) in [6.07, 6.45) is -0.400. The average Bonchev–Trinajstić information content (AvgIpc) is 2.93. The van der Waals surface area contributed by atoms with E-state index in [4.69, 9.17) is 4.52 Å². The van der Waals surface area contributed by atoms with Crippen LogP contribution in [0.15, 0.2) is 10.6 Å². The van der Waals surface area contributed by atoms with Crippen molar-refractivity contribution in [3.63, 3.8) is 0 Å². The van der Waals surface area contributed by atoms with Gasteiger partial charge in [-0.2, -0.15) is 0 Å². The number of aliphatic hydroxyl groups is 1. The topological polar surface area (TPSA) is 87.4 Å². The normalized spacial score (nSPS) is 23.6. The van der Waals surface area contributed by atoms with Gasteiger partial charge in [-0.3, -0.25) is 4.79 Å². The van der Waals surface area contributed by atoms with E-state index in [1.807, 2.05) is 20.8 Å². The molecule has 0 aromatic carbocycles. The van der Waals surface area contributed by atoms with Gasteiger partial charge in [-0.25, -0.2) is 0 Å². The van der Waals surface area contributed by atoms with Crippen molar-refractivity contribution in [2.45, 2.75) is 32.3 Å². The first kappa shape index (κ1) is 14.0. The summed E-state index contributed by atoms with van der Waals surface area (Å²) in [5.41, 5.74) is 0.113. The smallest absolute Gasteiger partial charge is 0.273 e. The van der Waals surface area contributed by atoms with Crippen LogP contribution in [-0.2, 0) is 5.41 Å². The zero-order chi connectivity index (χ0) is 14.0. The van der Waals surface area contributed by atoms with Crippen molar-refractivity contribution in [1.82, 2.24) is 15.8 Å². The molecule has 2 rings (SSSR count). The lowest BCUT2D eigenvalue weighted by atomic mass is 9.93. The van der Waals surface area contributed by atoms with E-state index < -0.39 is 6.10 Å². The molecule has 0 aliphatic carbocycles. The number of β-amino-alcohol motifs (C(OH)–C–C–N with tert-alkyl or cyclic N) is 1. The van der Waals surface area contributed by atoms with Crippen LogP contribution in [0.1, 0.15) is 37.0 Å². The molecule has 106 valence electrons. The van der Waals surface area contributed by atoms with Crippen LogP contribution in [0.2, 0.25) is 0 Å². The van der Waals surface area contributed by atoms with Crippen molar-refractivity contribution >= 4 is 5.91 Å². The number of carbonyl (C=O) groups is 1. The average molecular weight is 267 g/mol. The lowest BCUT2D eigenvalue weighted by molar-refractivity contribution is 0.0918. The second-order valence-electron chi connectivity index (χ2n) is 6.02. The van der Waals surface area contributed by atoms with Gasteiger partial charge in [0.05, 0.1) is 6.10 Å². The Labute approximate surface area is 112 Å². The lowest BCUT2D eigenvalue weighted by Gasteiger charge is -2.13. The van der Waals surface area contributed by atoms with Gasteiger partial charge in [-0.05, 0) is 0 Å². The zero-order valence-electron chi connectivity index (χ0n) is 11.6. The van der Waals surface area contributed by atoms with Crippen LogP contribution in [-0.4, -0.2) is 41.9 Å². The minimum Gasteiger partial charge on any atom is -0.391 e. The van der Waals surface area contributed by atoms with Crippen LogP contribution in [0.3, 0.4) is 0 Å². The first-order valence-electron chi connectivity index (χ1n) is 6.52. The predicted octanol–water partition coefficient (Wildman–Crippen LogP) is 0.282. The molecule has 0 saturated carbocycles. The predicted molar refractivity (Wildman–Crippen MR) is 69.9 cm³/mol. The highest BCUT2D eigenvalue weighted by atomic mass is 16.5. The quantitative estimate of drug-likeness (QED) is 0.732. The number of hydrogen-bond donors (Lipinski definition) is 3. The van der Waals surface area contributed by atoms with Crippen molar-refractivity contribution in [1.29, 1.82) is 0 Å². The van der Waals surface area contributed by atoms with Gasteiger partial charge in [-0.1, -0.05) is 25.9 Å². The monoisotopic (exact) mass is 267 g/mol. The lowest BCUT2D eigenvalue weighted by Crippen LogP contribution is -2.34. The number of hydrogen-bond acceptors (Lipinski definition) is 5. The molecule has 2 atom stereocenters. The molecule has 6 heteroatoms. The van der Waals surface area contributed by atoms with Crippen molar-refractivity contribution in [2.75, 3.05) is 19.6 Å². The molecule has 1 fully saturated rings. The van der Waals surface area contributed by atoms with Gasteiger partial charge in [-0.15, -0.1) is 0 Å². The van der Waals surface area contributed by atoms with Gasteiger partial charge in [0.15, 0.2) is 5.69 Å². The Morgan fingerprint density at radius 3 is 2.84 bits per heavy atom. The van der Waals surface area contributed by atoms with E-state index >= 15 is 0 Å². The van der Waals surface area contributed by atoms with Crippen LogP contribution in [0.25, 0.3) is 0 Å². The van der Waals surface area contributed by atoms with E-state index in [9.17, 15) is 9.90 Å². The Morgan fingerprint density at radius 2 is 2.32 bits per heavy atom. The fraction of sp³-hybridized carbons (Fsp3) is 0.692. The summed E-state index contributed by atoms with van der Waals surface area (Å²) in [7, 11) is 0. The molecule has 19 heavy (non-hydrogen) atoms. The molecule has 1 aliphatic rings. The van der Waals surface area contributed by atoms with E-state index in [1.165, 1.54) is 0 Å². The number of nitrogens with zero attached hydrogens (tertiary/aromatic N) is 1. The van der Waals surface area contributed by atoms with Crippen LogP contribution < -0.4 is 10.6 Å². The Hall–Kier alpha value is -1.40. The minimum atomic E-state index is -0.400. The largest absolute Gasteiger partial charge is 0.391 e. The van der Waals surface area contributed by atoms with Gasteiger partial charge < -0.3 is 20.3 Å². The van der Waals surface area contributed by atoms with E-state index in [-0.39, 0.29) is 22.9 Å². The van der Waals surface area contributed by atoms with Gasteiger partial charge in [0, 0.05) is 37.0 Å². The highest BCUT2D eigenvalue weighted by Gasteiger charge is 2.26. The molecule has 2 heterocycles. The first-order valence-corrected chi connectivity index (χ1v) is 6.52. The second kappa shape index (κ2) is 5.30. The molecule has 0 bridgehead atoms. The third-order valence-corrected chi connectivity index (χ3v) is 3.31. The summed E-state index contributed by atoms with van der Waals surface area (Å²) >= 11 is 0. The molecular formula is C13H21N3O3. The third-order valence-electron chi connectivity index (χ3n) is 3.31. The Morgan fingerprint density at radius 1 is 1.58 bits per heavy atom. The molecular weight excluding hydrogens is 246 g/mol. The second-order valence-corrected chi connectivity index (χ2v) is 6.02. The maximum absolute atomic E-state index is 11.9. The summed E-state index contributed by atoms with van der Waals surface area (Å²) < 4.78 is 5.17. The molecule has 1 amide bonds. The van der Waals surface area contributed by atoms with Gasteiger partial charge in [0.25, 0.3) is 5.91 Å².